The molecule has 3 aromatic rings. The SMILES string of the molecule is CN1C(=O)c2c(O)c(=O)c(-c3nnc(Cc4cccc(Cl)c4F)s3)cn2N2CCCC[C@@H]12. The molecule has 2 aliphatic rings. The van der Waals surface area contributed by atoms with Crippen molar-refractivity contribution in [3.05, 3.63) is 61.7 Å². The summed E-state index contributed by atoms with van der Waals surface area (Å²) < 4.78 is 15.8. The Kier molecular flexibility index (Phi) is 5.13. The fraction of sp³-hybridized carbons (Fsp3) is 0.333. The molecule has 1 amide bonds. The van der Waals surface area contributed by atoms with Crippen molar-refractivity contribution in [2.75, 3.05) is 18.6 Å². The molecule has 4 heterocycles. The molecule has 1 atom stereocenters. The molecule has 32 heavy (non-hydrogen) atoms. The molecule has 1 aromatic carbocycles. The predicted molar refractivity (Wildman–Crippen MR) is 118 cm³/mol. The second-order valence-electron chi connectivity index (χ2n) is 7.86. The molecule has 8 nitrogen and oxygen atoms in total. The Hall–Kier alpha value is -2.98. The maximum absolute atomic E-state index is 14.2. The van der Waals surface area contributed by atoms with Gasteiger partial charge in [0.05, 0.1) is 10.6 Å². The molecular formula is C21H19ClFN5O3S. The highest BCUT2D eigenvalue weighted by Gasteiger charge is 2.39. The lowest BCUT2D eigenvalue weighted by atomic mass is 10.1. The van der Waals surface area contributed by atoms with Crippen molar-refractivity contribution in [2.24, 2.45) is 0 Å². The first-order chi connectivity index (χ1) is 15.4. The molecule has 1 saturated heterocycles. The average Bonchev–Trinajstić information content (AvgIpc) is 3.25. The van der Waals surface area contributed by atoms with E-state index in [-0.39, 0.29) is 33.9 Å². The van der Waals surface area contributed by atoms with Gasteiger partial charge in [-0.2, -0.15) is 0 Å². The summed E-state index contributed by atoms with van der Waals surface area (Å²) in [5, 5.41) is 21.6. The summed E-state index contributed by atoms with van der Waals surface area (Å²) in [6, 6.07) is 4.73. The van der Waals surface area contributed by atoms with Gasteiger partial charge in [-0.3, -0.25) is 19.3 Å². The number of piperidine rings is 1. The molecule has 5 rings (SSSR count). The monoisotopic (exact) mass is 475 g/mol. The first-order valence-electron chi connectivity index (χ1n) is 10.1. The van der Waals surface area contributed by atoms with Gasteiger partial charge in [0, 0.05) is 26.2 Å². The van der Waals surface area contributed by atoms with E-state index in [1.54, 1.807) is 35.0 Å². The fourth-order valence-corrected chi connectivity index (χ4v) is 5.33. The normalized spacial score (nSPS) is 18.0. The summed E-state index contributed by atoms with van der Waals surface area (Å²) in [7, 11) is 1.68. The van der Waals surface area contributed by atoms with E-state index in [1.165, 1.54) is 6.07 Å². The number of nitrogens with zero attached hydrogens (tertiary/aromatic N) is 5. The Balaban J connectivity index is 1.56. The van der Waals surface area contributed by atoms with Crippen LogP contribution in [0.25, 0.3) is 10.6 Å². The minimum atomic E-state index is -0.690. The Morgan fingerprint density at radius 1 is 1.28 bits per heavy atom. The Labute approximate surface area is 191 Å². The standard InChI is InChI=1S/C21H19ClFN5O3S/c1-26-15-7-2-3-8-27(15)28-10-12(18(29)19(30)17(28)21(26)31)20-25-24-14(32-20)9-11-5-4-6-13(22)16(11)23/h4-6,10,15,30H,2-3,7-9H2,1H3/t15-/m0/s1. The van der Waals surface area contributed by atoms with Gasteiger partial charge in [0.15, 0.2) is 16.5 Å². The van der Waals surface area contributed by atoms with Crippen molar-refractivity contribution >= 4 is 28.8 Å². The number of fused-ring (bicyclic) bond motifs is 3. The highest BCUT2D eigenvalue weighted by Crippen LogP contribution is 2.32. The van der Waals surface area contributed by atoms with Gasteiger partial charge in [-0.25, -0.2) is 4.39 Å². The largest absolute Gasteiger partial charge is 0.502 e. The highest BCUT2D eigenvalue weighted by atomic mass is 35.5. The first-order valence-corrected chi connectivity index (χ1v) is 11.3. The number of benzene rings is 1. The van der Waals surface area contributed by atoms with Crippen molar-refractivity contribution in [3.63, 3.8) is 0 Å². The van der Waals surface area contributed by atoms with Crippen LogP contribution in [0.1, 0.15) is 40.3 Å². The highest BCUT2D eigenvalue weighted by molar-refractivity contribution is 7.14. The van der Waals surface area contributed by atoms with Crippen LogP contribution in [0.2, 0.25) is 5.02 Å². The van der Waals surface area contributed by atoms with Crippen LogP contribution in [-0.2, 0) is 6.42 Å². The number of rotatable bonds is 3. The van der Waals surface area contributed by atoms with E-state index in [0.717, 1.165) is 30.6 Å². The van der Waals surface area contributed by atoms with E-state index in [9.17, 15) is 19.1 Å². The third-order valence-electron chi connectivity index (χ3n) is 5.93. The molecule has 0 unspecified atom stereocenters. The number of hydrogen-bond donors (Lipinski definition) is 1. The zero-order valence-electron chi connectivity index (χ0n) is 17.1. The number of pyridine rings is 1. The van der Waals surface area contributed by atoms with Gasteiger partial charge in [-0.1, -0.05) is 35.1 Å². The summed E-state index contributed by atoms with van der Waals surface area (Å²) in [5.74, 6) is -1.53. The van der Waals surface area contributed by atoms with E-state index in [4.69, 9.17) is 11.6 Å². The van der Waals surface area contributed by atoms with Crippen LogP contribution < -0.4 is 10.4 Å². The van der Waals surface area contributed by atoms with Crippen LogP contribution in [0, 0.1) is 5.82 Å². The van der Waals surface area contributed by atoms with E-state index in [0.29, 0.717) is 17.1 Å². The van der Waals surface area contributed by atoms with Gasteiger partial charge in [-0.05, 0) is 30.9 Å². The predicted octanol–water partition coefficient (Wildman–Crippen LogP) is 2.99. The lowest BCUT2D eigenvalue weighted by molar-refractivity contribution is 0.0593. The number of carbonyl (C=O) groups is 1. The second kappa shape index (κ2) is 7.86. The van der Waals surface area contributed by atoms with Crippen LogP contribution in [0.4, 0.5) is 4.39 Å². The van der Waals surface area contributed by atoms with Gasteiger partial charge < -0.3 is 10.0 Å². The number of amides is 1. The summed E-state index contributed by atoms with van der Waals surface area (Å²) in [5.41, 5.74) is -0.228. The molecule has 1 fully saturated rings. The fourth-order valence-electron chi connectivity index (χ4n) is 4.27. The molecule has 1 N–H and O–H groups in total. The Bertz CT molecular complexity index is 1290. The Morgan fingerprint density at radius 2 is 2.09 bits per heavy atom. The number of halogens is 2. The first kappa shape index (κ1) is 20.9. The van der Waals surface area contributed by atoms with Crippen LogP contribution in [-0.4, -0.2) is 50.5 Å². The molecule has 0 bridgehead atoms. The smallest absolute Gasteiger partial charge is 0.277 e. The van der Waals surface area contributed by atoms with Crippen molar-refractivity contribution in [3.8, 4) is 16.3 Å². The summed E-state index contributed by atoms with van der Waals surface area (Å²) in [4.78, 5) is 27.4. The summed E-state index contributed by atoms with van der Waals surface area (Å²) in [6.45, 7) is 0.687. The van der Waals surface area contributed by atoms with Crippen molar-refractivity contribution < 1.29 is 14.3 Å². The number of carbonyl (C=O) groups excluding carboxylic acids is 1. The molecule has 0 aliphatic carbocycles. The van der Waals surface area contributed by atoms with E-state index < -0.39 is 22.9 Å². The van der Waals surface area contributed by atoms with Gasteiger partial charge in [0.25, 0.3) is 5.91 Å². The minimum Gasteiger partial charge on any atom is -0.502 e. The van der Waals surface area contributed by atoms with Gasteiger partial charge in [0.2, 0.25) is 5.43 Å². The lowest BCUT2D eigenvalue weighted by Crippen LogP contribution is -2.61. The maximum Gasteiger partial charge on any atom is 0.277 e. The van der Waals surface area contributed by atoms with E-state index in [1.807, 2.05) is 5.01 Å². The molecular weight excluding hydrogens is 457 g/mol. The quantitative estimate of drug-likeness (QED) is 0.626. The van der Waals surface area contributed by atoms with Crippen LogP contribution in [0.3, 0.4) is 0 Å². The molecule has 0 radical (unpaired) electrons. The lowest BCUT2D eigenvalue weighted by Gasteiger charge is -2.47. The van der Waals surface area contributed by atoms with Gasteiger partial charge in [0.1, 0.15) is 17.0 Å². The zero-order valence-corrected chi connectivity index (χ0v) is 18.7. The summed E-state index contributed by atoms with van der Waals surface area (Å²) in [6.07, 6.45) is 4.30. The zero-order chi connectivity index (χ0) is 22.6. The third-order valence-corrected chi connectivity index (χ3v) is 7.17. The van der Waals surface area contributed by atoms with Gasteiger partial charge >= 0.3 is 0 Å². The average molecular weight is 476 g/mol. The number of hydrogen-bond acceptors (Lipinski definition) is 7. The molecule has 0 spiro atoms. The van der Waals surface area contributed by atoms with Crippen molar-refractivity contribution in [1.29, 1.82) is 0 Å². The topological polar surface area (TPSA) is 91.6 Å². The minimum absolute atomic E-state index is 0.0239. The molecule has 166 valence electrons. The third kappa shape index (κ3) is 3.25. The van der Waals surface area contributed by atoms with Gasteiger partial charge in [-0.15, -0.1) is 10.2 Å². The molecule has 11 heteroatoms. The van der Waals surface area contributed by atoms with E-state index >= 15 is 0 Å². The summed E-state index contributed by atoms with van der Waals surface area (Å²) >= 11 is 6.98. The van der Waals surface area contributed by atoms with Crippen LogP contribution in [0.15, 0.2) is 29.2 Å². The van der Waals surface area contributed by atoms with Crippen molar-refractivity contribution in [2.45, 2.75) is 31.8 Å². The molecule has 2 aliphatic heterocycles. The van der Waals surface area contributed by atoms with Crippen LogP contribution >= 0.6 is 22.9 Å². The van der Waals surface area contributed by atoms with Crippen molar-refractivity contribution in [1.82, 2.24) is 19.8 Å². The maximum atomic E-state index is 14.2. The Morgan fingerprint density at radius 3 is 2.91 bits per heavy atom. The molecule has 0 saturated carbocycles. The van der Waals surface area contributed by atoms with E-state index in [2.05, 4.69) is 10.2 Å². The number of aromatic nitrogens is 3. The second-order valence-corrected chi connectivity index (χ2v) is 9.33. The van der Waals surface area contributed by atoms with Crippen LogP contribution in [0.5, 0.6) is 5.75 Å². The number of aromatic hydroxyl groups is 1. The molecule has 2 aromatic heterocycles.